The first kappa shape index (κ1) is 22.8. The van der Waals surface area contributed by atoms with Crippen molar-refractivity contribution in [2.75, 3.05) is 33.9 Å². The van der Waals surface area contributed by atoms with E-state index in [-0.39, 0.29) is 28.7 Å². The molecule has 2 heterocycles. The predicted molar refractivity (Wildman–Crippen MR) is 124 cm³/mol. The molecular weight excluding hydrogens is 437 g/mol. The van der Waals surface area contributed by atoms with E-state index in [1.54, 1.807) is 6.07 Å². The topological polar surface area (TPSA) is 65.1 Å². The zero-order valence-corrected chi connectivity index (χ0v) is 19.6. The van der Waals surface area contributed by atoms with E-state index in [1.165, 1.54) is 19.8 Å². The molecule has 3 aliphatic rings. The van der Waals surface area contributed by atoms with E-state index in [2.05, 4.69) is 12.1 Å². The lowest BCUT2D eigenvalue weighted by Gasteiger charge is -2.34. The highest BCUT2D eigenvalue weighted by Gasteiger charge is 2.55. The van der Waals surface area contributed by atoms with Crippen molar-refractivity contribution in [2.45, 2.75) is 44.1 Å². The monoisotopic (exact) mass is 467 g/mol. The molecule has 1 spiro atoms. The lowest BCUT2D eigenvalue weighted by molar-refractivity contribution is -0.142. The summed E-state index contributed by atoms with van der Waals surface area (Å²) < 4.78 is 30.2. The first-order chi connectivity index (χ1) is 16.5. The van der Waals surface area contributed by atoms with E-state index in [4.69, 9.17) is 14.2 Å². The van der Waals surface area contributed by atoms with E-state index in [0.717, 1.165) is 56.8 Å². The van der Waals surface area contributed by atoms with Crippen LogP contribution in [0.2, 0.25) is 0 Å². The molecule has 2 aromatic carbocycles. The minimum absolute atomic E-state index is 0.103. The van der Waals surface area contributed by atoms with Crippen LogP contribution >= 0.6 is 0 Å². The molecule has 0 N–H and O–H groups in total. The SMILES string of the molecule is COC(=O)c1cc(F)c(OC)c(-c2ccc(C3CC34CCN(C(=O)[C@H]3CCCO3)CC4)cc2)c1. The number of hydrogen-bond donors (Lipinski definition) is 0. The number of carbonyl (C=O) groups excluding carboxylic acids is 2. The van der Waals surface area contributed by atoms with Gasteiger partial charge in [-0.05, 0) is 66.7 Å². The molecule has 1 unspecified atom stereocenters. The minimum atomic E-state index is -0.602. The Balaban J connectivity index is 1.28. The molecule has 180 valence electrons. The van der Waals surface area contributed by atoms with Crippen LogP contribution in [0.15, 0.2) is 36.4 Å². The number of amides is 1. The van der Waals surface area contributed by atoms with Gasteiger partial charge in [-0.15, -0.1) is 0 Å². The van der Waals surface area contributed by atoms with Crippen LogP contribution in [-0.4, -0.2) is 56.8 Å². The molecule has 0 radical (unpaired) electrons. The Hall–Kier alpha value is -2.93. The molecule has 1 aliphatic carbocycles. The maximum Gasteiger partial charge on any atom is 0.337 e. The second-order valence-electron chi connectivity index (χ2n) is 9.60. The number of hydrogen-bond acceptors (Lipinski definition) is 5. The van der Waals surface area contributed by atoms with Crippen molar-refractivity contribution in [1.29, 1.82) is 0 Å². The number of benzene rings is 2. The number of methoxy groups -OCH3 is 2. The van der Waals surface area contributed by atoms with Crippen LogP contribution in [0.25, 0.3) is 11.1 Å². The molecule has 1 saturated carbocycles. The summed E-state index contributed by atoms with van der Waals surface area (Å²) in [5.41, 5.74) is 2.96. The van der Waals surface area contributed by atoms with Gasteiger partial charge in [-0.3, -0.25) is 4.79 Å². The van der Waals surface area contributed by atoms with E-state index >= 15 is 0 Å². The van der Waals surface area contributed by atoms with Gasteiger partial charge in [0, 0.05) is 25.3 Å². The number of likely N-dealkylation sites (tertiary alicyclic amines) is 1. The fourth-order valence-corrected chi connectivity index (χ4v) is 5.67. The van der Waals surface area contributed by atoms with Crippen LogP contribution in [0.3, 0.4) is 0 Å². The van der Waals surface area contributed by atoms with Crippen LogP contribution in [0.4, 0.5) is 4.39 Å². The van der Waals surface area contributed by atoms with Gasteiger partial charge >= 0.3 is 5.97 Å². The normalized spacial score (nSPS) is 23.1. The maximum atomic E-state index is 14.6. The number of halogens is 1. The van der Waals surface area contributed by atoms with E-state index in [9.17, 15) is 14.0 Å². The highest BCUT2D eigenvalue weighted by molar-refractivity contribution is 5.92. The van der Waals surface area contributed by atoms with Gasteiger partial charge in [0.2, 0.25) is 0 Å². The van der Waals surface area contributed by atoms with Crippen molar-refractivity contribution in [3.63, 3.8) is 0 Å². The van der Waals surface area contributed by atoms with Gasteiger partial charge in [0.25, 0.3) is 5.91 Å². The van der Waals surface area contributed by atoms with Crippen LogP contribution in [0, 0.1) is 11.2 Å². The van der Waals surface area contributed by atoms with E-state index < -0.39 is 11.8 Å². The maximum absolute atomic E-state index is 14.6. The third-order valence-corrected chi connectivity index (χ3v) is 7.76. The van der Waals surface area contributed by atoms with Gasteiger partial charge in [0.05, 0.1) is 19.8 Å². The summed E-state index contributed by atoms with van der Waals surface area (Å²) >= 11 is 0. The van der Waals surface area contributed by atoms with E-state index in [1.807, 2.05) is 17.0 Å². The van der Waals surface area contributed by atoms with Crippen LogP contribution in [-0.2, 0) is 14.3 Å². The molecule has 2 aliphatic heterocycles. The standard InChI is InChI=1S/C27H30FNO5/c1-32-24-20(14-19(15-22(24)28)26(31)33-2)17-5-7-18(8-6-17)21-16-27(21)9-11-29(12-10-27)25(30)23-4-3-13-34-23/h5-8,14-15,21,23H,3-4,9-13,16H2,1-2H3/t21?,23-/m1/s1. The molecule has 0 bridgehead atoms. The number of nitrogens with zero attached hydrogens (tertiary/aromatic N) is 1. The van der Waals surface area contributed by atoms with Gasteiger partial charge in [0.1, 0.15) is 6.10 Å². The Kier molecular flexibility index (Phi) is 6.06. The second kappa shape index (κ2) is 9.02. The third kappa shape index (κ3) is 4.06. The molecule has 2 atom stereocenters. The third-order valence-electron chi connectivity index (χ3n) is 7.76. The Labute approximate surface area is 199 Å². The summed E-state index contributed by atoms with van der Waals surface area (Å²) in [7, 11) is 2.69. The summed E-state index contributed by atoms with van der Waals surface area (Å²) in [5.74, 6) is -0.462. The number of esters is 1. The zero-order valence-electron chi connectivity index (χ0n) is 19.6. The Bertz CT molecular complexity index is 1080. The average molecular weight is 468 g/mol. The van der Waals surface area contributed by atoms with Crippen LogP contribution in [0.1, 0.15) is 53.9 Å². The Morgan fingerprint density at radius 3 is 2.47 bits per heavy atom. The molecule has 5 rings (SSSR count). The van der Waals surface area contributed by atoms with Crippen molar-refractivity contribution < 1.29 is 28.2 Å². The molecule has 6 nitrogen and oxygen atoms in total. The largest absolute Gasteiger partial charge is 0.493 e. The summed E-state index contributed by atoms with van der Waals surface area (Å²) in [6, 6.07) is 10.8. The first-order valence-corrected chi connectivity index (χ1v) is 11.9. The van der Waals surface area contributed by atoms with Crippen LogP contribution in [0.5, 0.6) is 5.75 Å². The summed E-state index contributed by atoms with van der Waals surface area (Å²) in [6.45, 7) is 2.28. The number of carbonyl (C=O) groups is 2. The van der Waals surface area contributed by atoms with Gasteiger partial charge in [0.15, 0.2) is 11.6 Å². The van der Waals surface area contributed by atoms with Gasteiger partial charge in [-0.1, -0.05) is 24.3 Å². The van der Waals surface area contributed by atoms with Gasteiger partial charge < -0.3 is 19.1 Å². The zero-order chi connectivity index (χ0) is 23.9. The number of ether oxygens (including phenoxy) is 3. The number of rotatable bonds is 5. The molecule has 34 heavy (non-hydrogen) atoms. The Morgan fingerprint density at radius 1 is 1.12 bits per heavy atom. The predicted octanol–water partition coefficient (Wildman–Crippen LogP) is 4.56. The highest BCUT2D eigenvalue weighted by Crippen LogP contribution is 2.65. The molecule has 3 fully saturated rings. The number of piperidine rings is 1. The van der Waals surface area contributed by atoms with Gasteiger partial charge in [-0.25, -0.2) is 9.18 Å². The lowest BCUT2D eigenvalue weighted by atomic mass is 9.88. The molecule has 1 amide bonds. The minimum Gasteiger partial charge on any atom is -0.493 e. The first-order valence-electron chi connectivity index (χ1n) is 11.9. The fourth-order valence-electron chi connectivity index (χ4n) is 5.67. The van der Waals surface area contributed by atoms with E-state index in [0.29, 0.717) is 18.1 Å². The highest BCUT2D eigenvalue weighted by atomic mass is 19.1. The van der Waals surface area contributed by atoms with Crippen LogP contribution < -0.4 is 4.74 Å². The summed E-state index contributed by atoms with van der Waals surface area (Å²) in [5, 5.41) is 0. The lowest BCUT2D eigenvalue weighted by Crippen LogP contribution is -2.44. The Morgan fingerprint density at radius 2 is 1.85 bits per heavy atom. The summed E-state index contributed by atoms with van der Waals surface area (Å²) in [4.78, 5) is 26.6. The molecule has 0 aromatic heterocycles. The van der Waals surface area contributed by atoms with Crippen molar-refractivity contribution in [3.8, 4) is 16.9 Å². The van der Waals surface area contributed by atoms with Gasteiger partial charge in [-0.2, -0.15) is 0 Å². The second-order valence-corrected chi connectivity index (χ2v) is 9.60. The molecular formula is C27H30FNO5. The quantitative estimate of drug-likeness (QED) is 0.603. The van der Waals surface area contributed by atoms with Crippen molar-refractivity contribution in [3.05, 3.63) is 53.3 Å². The molecule has 2 saturated heterocycles. The van der Waals surface area contributed by atoms with Crippen molar-refractivity contribution in [1.82, 2.24) is 4.90 Å². The fraction of sp³-hybridized carbons (Fsp3) is 0.481. The van der Waals surface area contributed by atoms with Crippen molar-refractivity contribution >= 4 is 11.9 Å². The smallest absolute Gasteiger partial charge is 0.337 e. The molecule has 2 aromatic rings. The summed E-state index contributed by atoms with van der Waals surface area (Å²) in [6.07, 6.45) is 4.72. The van der Waals surface area contributed by atoms with Crippen molar-refractivity contribution in [2.24, 2.45) is 5.41 Å². The molecule has 7 heteroatoms. The average Bonchev–Trinajstić information content (AvgIpc) is 3.28.